The summed E-state index contributed by atoms with van der Waals surface area (Å²) in [6, 6.07) is 17.1. The Balaban J connectivity index is 1.49. The number of phenols is 1. The Morgan fingerprint density at radius 2 is 1.79 bits per heavy atom. The van der Waals surface area contributed by atoms with E-state index in [-0.39, 0.29) is 30.2 Å². The zero-order valence-electron chi connectivity index (χ0n) is 19.1. The molecule has 1 atom stereocenters. The first-order valence-corrected chi connectivity index (χ1v) is 11.6. The summed E-state index contributed by atoms with van der Waals surface area (Å²) in [4.78, 5) is 30.0. The van der Waals surface area contributed by atoms with Gasteiger partial charge in [-0.25, -0.2) is 4.79 Å². The van der Waals surface area contributed by atoms with Crippen molar-refractivity contribution in [3.63, 3.8) is 0 Å². The number of carbonyl (C=O) groups excluding carboxylic acids is 2. The number of nitrogens with zero attached hydrogens (tertiary/aromatic N) is 2. The van der Waals surface area contributed by atoms with E-state index in [0.29, 0.717) is 6.42 Å². The molecule has 0 spiro atoms. The number of hydrogen-bond donors (Lipinski definition) is 2. The minimum absolute atomic E-state index is 0.0673. The third kappa shape index (κ3) is 5.04. The van der Waals surface area contributed by atoms with Gasteiger partial charge in [0.1, 0.15) is 11.3 Å². The normalized spacial score (nSPS) is 21.5. The van der Waals surface area contributed by atoms with Gasteiger partial charge in [0.25, 0.3) is 5.91 Å². The number of rotatable bonds is 7. The van der Waals surface area contributed by atoms with Crippen LogP contribution in [0.4, 0.5) is 4.79 Å². The van der Waals surface area contributed by atoms with Gasteiger partial charge in [-0.05, 0) is 74.9 Å². The van der Waals surface area contributed by atoms with E-state index in [2.05, 4.69) is 34.2 Å². The van der Waals surface area contributed by atoms with Gasteiger partial charge in [-0.2, -0.15) is 0 Å². The van der Waals surface area contributed by atoms with E-state index in [1.807, 2.05) is 30.3 Å². The molecule has 0 bridgehead atoms. The molecule has 0 radical (unpaired) electrons. The maximum Gasteiger partial charge on any atom is 0.325 e. The fourth-order valence-corrected chi connectivity index (χ4v) is 5.08. The van der Waals surface area contributed by atoms with E-state index in [0.717, 1.165) is 50.0 Å². The molecule has 0 aliphatic carbocycles. The molecule has 2 aliphatic heterocycles. The van der Waals surface area contributed by atoms with Crippen molar-refractivity contribution in [2.45, 2.75) is 44.7 Å². The highest BCUT2D eigenvalue weighted by Gasteiger charge is 2.55. The second kappa shape index (κ2) is 10.1. The molecule has 4 rings (SSSR count). The van der Waals surface area contributed by atoms with Crippen LogP contribution in [0.3, 0.4) is 0 Å². The third-order valence-corrected chi connectivity index (χ3v) is 6.87. The van der Waals surface area contributed by atoms with Crippen molar-refractivity contribution in [2.75, 3.05) is 19.6 Å². The number of phenolic OH excluding ortho intramolecular Hbond substituents is 1. The fraction of sp³-hybridized carbons (Fsp3) is 0.407. The molecule has 2 heterocycles. The molecule has 2 N–H and O–H groups in total. The van der Waals surface area contributed by atoms with Crippen molar-refractivity contribution in [1.29, 1.82) is 0 Å². The van der Waals surface area contributed by atoms with Crippen LogP contribution in [0.1, 0.15) is 37.3 Å². The summed E-state index contributed by atoms with van der Waals surface area (Å²) in [5, 5.41) is 12.9. The highest BCUT2D eigenvalue weighted by atomic mass is 16.3. The van der Waals surface area contributed by atoms with Crippen LogP contribution in [-0.2, 0) is 17.8 Å². The number of aryl methyl sites for hydroxylation is 1. The lowest BCUT2D eigenvalue weighted by Crippen LogP contribution is -2.56. The number of aromatic hydroxyl groups is 1. The number of likely N-dealkylation sites (tertiary alicyclic amines) is 1. The minimum Gasteiger partial charge on any atom is -0.508 e. The number of urea groups is 1. The maximum absolute atomic E-state index is 13.6. The predicted octanol–water partition coefficient (Wildman–Crippen LogP) is 3.55. The molecule has 6 nitrogen and oxygen atoms in total. The van der Waals surface area contributed by atoms with Gasteiger partial charge in [-0.1, -0.05) is 48.4 Å². The van der Waals surface area contributed by atoms with Gasteiger partial charge in [0.05, 0.1) is 6.54 Å². The second-order valence-corrected chi connectivity index (χ2v) is 8.93. The number of nitrogens with one attached hydrogen (secondary N) is 1. The van der Waals surface area contributed by atoms with Crippen LogP contribution < -0.4 is 5.32 Å². The molecule has 0 saturated carbocycles. The van der Waals surface area contributed by atoms with Crippen molar-refractivity contribution in [2.24, 2.45) is 5.92 Å². The Hall–Kier alpha value is -3.30. The van der Waals surface area contributed by atoms with Crippen molar-refractivity contribution in [1.82, 2.24) is 15.1 Å². The summed E-state index contributed by atoms with van der Waals surface area (Å²) in [5.41, 5.74) is 1.34. The predicted molar refractivity (Wildman–Crippen MR) is 127 cm³/mol. The molecule has 3 amide bonds. The first-order valence-electron chi connectivity index (χ1n) is 11.6. The lowest BCUT2D eigenvalue weighted by atomic mass is 9.74. The summed E-state index contributed by atoms with van der Waals surface area (Å²) >= 11 is 0. The van der Waals surface area contributed by atoms with E-state index in [1.54, 1.807) is 19.1 Å². The van der Waals surface area contributed by atoms with Gasteiger partial charge < -0.3 is 10.4 Å². The molecule has 1 unspecified atom stereocenters. The Kier molecular flexibility index (Phi) is 7.00. The van der Waals surface area contributed by atoms with E-state index in [4.69, 9.17) is 0 Å². The van der Waals surface area contributed by atoms with Crippen molar-refractivity contribution in [3.8, 4) is 17.6 Å². The molecule has 2 saturated heterocycles. The van der Waals surface area contributed by atoms with Crippen LogP contribution >= 0.6 is 0 Å². The minimum atomic E-state index is -0.889. The van der Waals surface area contributed by atoms with Crippen LogP contribution in [-0.4, -0.2) is 52.0 Å². The highest BCUT2D eigenvalue weighted by Crippen LogP contribution is 2.37. The molecular formula is C27H31N3O3. The Bertz CT molecular complexity index is 1050. The van der Waals surface area contributed by atoms with E-state index in [9.17, 15) is 14.7 Å². The first kappa shape index (κ1) is 22.9. The number of benzene rings is 2. The van der Waals surface area contributed by atoms with Gasteiger partial charge in [0.2, 0.25) is 0 Å². The van der Waals surface area contributed by atoms with Gasteiger partial charge in [0, 0.05) is 6.54 Å². The third-order valence-electron chi connectivity index (χ3n) is 6.87. The summed E-state index contributed by atoms with van der Waals surface area (Å²) in [6.45, 7) is 4.28. The maximum atomic E-state index is 13.6. The molecule has 172 valence electrons. The highest BCUT2D eigenvalue weighted by molar-refractivity contribution is 6.07. The topological polar surface area (TPSA) is 72.9 Å². The molecule has 6 heteroatoms. The molecule has 33 heavy (non-hydrogen) atoms. The number of amides is 3. The van der Waals surface area contributed by atoms with Crippen LogP contribution in [0, 0.1) is 17.8 Å². The monoisotopic (exact) mass is 445 g/mol. The Morgan fingerprint density at radius 1 is 1.06 bits per heavy atom. The SMILES string of the molecule is CC#CCN1C(=O)NC(CCc2ccccc2)(C2CCN(Cc3cccc(O)c3)CC2)C1=O. The van der Waals surface area contributed by atoms with Crippen molar-refractivity contribution < 1.29 is 14.7 Å². The number of hydrogen-bond acceptors (Lipinski definition) is 4. The lowest BCUT2D eigenvalue weighted by molar-refractivity contribution is -0.134. The van der Waals surface area contributed by atoms with Crippen LogP contribution in [0.25, 0.3) is 0 Å². The summed E-state index contributed by atoms with van der Waals surface area (Å²) in [5.74, 6) is 5.86. The number of carbonyl (C=O) groups is 2. The lowest BCUT2D eigenvalue weighted by Gasteiger charge is -2.41. The zero-order chi connectivity index (χ0) is 23.3. The number of piperidine rings is 1. The second-order valence-electron chi connectivity index (χ2n) is 8.93. The van der Waals surface area contributed by atoms with Crippen molar-refractivity contribution >= 4 is 11.9 Å². The van der Waals surface area contributed by atoms with E-state index < -0.39 is 5.54 Å². The van der Waals surface area contributed by atoms with Gasteiger partial charge in [0.15, 0.2) is 0 Å². The Labute approximate surface area is 195 Å². The largest absolute Gasteiger partial charge is 0.508 e. The number of imide groups is 1. The molecule has 2 aliphatic rings. The average molecular weight is 446 g/mol. The average Bonchev–Trinajstić information content (AvgIpc) is 3.07. The molecule has 2 aromatic rings. The molecule has 2 fully saturated rings. The molecule has 0 aromatic heterocycles. The molecule has 2 aromatic carbocycles. The standard InChI is InChI=1S/C27H31N3O3/c1-2-3-16-30-25(32)27(28-26(30)33,15-12-21-8-5-4-6-9-21)23-13-17-29(18-14-23)20-22-10-7-11-24(31)19-22/h4-11,19,23,31H,12-18,20H2,1H3,(H,28,33). The Morgan fingerprint density at radius 3 is 2.48 bits per heavy atom. The smallest absolute Gasteiger partial charge is 0.325 e. The van der Waals surface area contributed by atoms with Gasteiger partial charge in [-0.3, -0.25) is 14.6 Å². The van der Waals surface area contributed by atoms with Crippen LogP contribution in [0.15, 0.2) is 54.6 Å². The summed E-state index contributed by atoms with van der Waals surface area (Å²) in [6.07, 6.45) is 2.96. The van der Waals surface area contributed by atoms with Crippen LogP contribution in [0.2, 0.25) is 0 Å². The van der Waals surface area contributed by atoms with Crippen LogP contribution in [0.5, 0.6) is 5.75 Å². The van der Waals surface area contributed by atoms with E-state index >= 15 is 0 Å². The quantitative estimate of drug-likeness (QED) is 0.505. The summed E-state index contributed by atoms with van der Waals surface area (Å²) < 4.78 is 0. The van der Waals surface area contributed by atoms with Gasteiger partial charge in [-0.15, -0.1) is 5.92 Å². The van der Waals surface area contributed by atoms with Gasteiger partial charge >= 0.3 is 6.03 Å². The first-order chi connectivity index (χ1) is 16.0. The molecular weight excluding hydrogens is 414 g/mol. The summed E-state index contributed by atoms with van der Waals surface area (Å²) in [7, 11) is 0. The van der Waals surface area contributed by atoms with E-state index in [1.165, 1.54) is 4.90 Å². The zero-order valence-corrected chi connectivity index (χ0v) is 19.1. The van der Waals surface area contributed by atoms with Crippen molar-refractivity contribution in [3.05, 3.63) is 65.7 Å². The fourth-order valence-electron chi connectivity index (χ4n) is 5.08.